The van der Waals surface area contributed by atoms with Gasteiger partial charge in [0.25, 0.3) is 0 Å². The van der Waals surface area contributed by atoms with Gasteiger partial charge >= 0.3 is 86.7 Å². The average molecular weight is 2300 g/mol. The minimum atomic E-state index is -5.61. The number of phenols is 1. The highest BCUT2D eigenvalue weighted by Crippen LogP contribution is 2.33. The van der Waals surface area contributed by atoms with Crippen molar-refractivity contribution in [3.05, 3.63) is 243 Å². The van der Waals surface area contributed by atoms with E-state index >= 15 is 0 Å². The van der Waals surface area contributed by atoms with Gasteiger partial charge in [0, 0.05) is 40.1 Å². The smallest absolute Gasteiger partial charge is 0.508 e. The number of nitrogens with two attached hydrogens (primary N) is 4. The molecule has 0 aliphatic heterocycles. The van der Waals surface area contributed by atoms with Crippen LogP contribution in [0.15, 0.2) is 121 Å². The van der Waals surface area contributed by atoms with E-state index in [2.05, 4.69) is 115 Å². The molecule has 4 amide bonds. The number of carboxylic acids is 2. The van der Waals surface area contributed by atoms with E-state index < -0.39 is 129 Å². The van der Waals surface area contributed by atoms with Crippen LogP contribution in [0.25, 0.3) is 6.08 Å². The molecule has 804 valence electrons. The number of aromatic hydroxyl groups is 1. The Kier molecular flexibility index (Phi) is 80.8. The van der Waals surface area contributed by atoms with E-state index in [9.17, 15) is 84.6 Å². The van der Waals surface area contributed by atoms with Crippen molar-refractivity contribution >= 4 is 175 Å². The summed E-state index contributed by atoms with van der Waals surface area (Å²) in [5.41, 5.74) is 32.5. The first-order chi connectivity index (χ1) is 61.6. The number of amides is 4. The van der Waals surface area contributed by atoms with Crippen molar-refractivity contribution in [2.45, 2.75) is 234 Å². The maximum Gasteiger partial charge on any atom is 0.534 e. The van der Waals surface area contributed by atoms with Crippen LogP contribution in [0.5, 0.6) is 11.5 Å². The zero-order valence-corrected chi connectivity index (χ0v) is 85.6. The molecular formula is C95H153B5Br4F3N9O26S. The number of benzene rings is 7. The summed E-state index contributed by atoms with van der Waals surface area (Å²) < 4.78 is 83.6. The number of aromatic carboxylic acids is 1. The number of methoxy groups -OCH3 is 4. The number of aliphatic carboxylic acids is 1. The molecule has 1 unspecified atom stereocenters. The zero-order valence-electron chi connectivity index (χ0n) is 78.4. The number of aliphatic hydroxyl groups excluding tert-OH is 1. The predicted octanol–water partition coefficient (Wildman–Crippen LogP) is 15.2. The molecule has 0 aliphatic rings. The molecule has 35 nitrogen and oxygen atoms in total. The zero-order chi connectivity index (χ0) is 105. The average Bonchev–Trinajstić information content (AvgIpc) is 0.836. The Labute approximate surface area is 879 Å². The third-order valence-electron chi connectivity index (χ3n) is 18.0. The summed E-state index contributed by atoms with van der Waals surface area (Å²) in [7, 11) is -4.87. The van der Waals surface area contributed by atoms with Gasteiger partial charge in [-0.3, -0.25) is 33.6 Å². The number of nitrogens with one attached hydrogen (secondary N) is 5. The summed E-state index contributed by atoms with van der Waals surface area (Å²) in [5, 5.41) is 93.9. The Hall–Kier alpha value is -10.5. The largest absolute Gasteiger partial charge is 0.534 e. The summed E-state index contributed by atoms with van der Waals surface area (Å²) in [4.78, 5) is 111. The number of aliphatic hydroxyl groups is 1. The minimum absolute atomic E-state index is 0. The number of alkyl halides is 3. The highest BCUT2D eigenvalue weighted by atomic mass is 79.9. The molecule has 7 rings (SSSR count). The maximum absolute atomic E-state index is 12.1. The SMILES string of the molecule is C.C.C.C.C.C.C.C.C.C=C(NB(C)O)C(=O)OC.CB(O)N[C@@H](Cc1c(C)cc(C(N)=O)cc1C)C(=O)O.COC(=O)/C(=C/c1c(C)cc(C(N)=O)cc1C)NB(C)O.COC(=O)C(CO)NB(C)O.COC(=O)[C@H](Cc1c(C)cc(C(N)=O)cc1C)NB(C)O.Cc1cc(C(=O)O)cc(C)c1Br.Cc1cc(C(N)=O)cc(C)c1Br.Cc1cc(O)cc(C)c1Br.Cc1cc(OS(=O)(=O)C(F)(F)F)cc(C)c1Br. The number of rotatable bonds is 28. The molecule has 0 bridgehead atoms. The molecule has 0 saturated carbocycles. The van der Waals surface area contributed by atoms with E-state index in [1.54, 1.807) is 107 Å². The van der Waals surface area contributed by atoms with Gasteiger partial charge in [0.2, 0.25) is 23.6 Å². The number of carbonyl (C=O) groups excluding carboxylic acids is 8. The van der Waals surface area contributed by atoms with Crippen molar-refractivity contribution in [2.75, 3.05) is 35.0 Å². The van der Waals surface area contributed by atoms with Crippen molar-refractivity contribution in [1.29, 1.82) is 0 Å². The maximum atomic E-state index is 12.1. The Balaban J connectivity index is -0.000000153. The van der Waals surface area contributed by atoms with Crippen molar-refractivity contribution < 1.29 is 138 Å². The van der Waals surface area contributed by atoms with Gasteiger partial charge in [-0.25, -0.2) is 14.4 Å². The van der Waals surface area contributed by atoms with Crippen LogP contribution in [0.2, 0.25) is 34.1 Å². The molecule has 0 saturated heterocycles. The fourth-order valence-corrected chi connectivity index (χ4v) is 13.1. The van der Waals surface area contributed by atoms with Crippen molar-refractivity contribution in [1.82, 2.24) is 26.1 Å². The fourth-order valence-electron chi connectivity index (χ4n) is 11.7. The van der Waals surface area contributed by atoms with E-state index in [0.29, 0.717) is 55.6 Å². The Bertz CT molecular complexity index is 5210. The van der Waals surface area contributed by atoms with Crippen LogP contribution < -0.4 is 53.3 Å². The third-order valence-corrected chi connectivity index (χ3v) is 24.0. The second kappa shape index (κ2) is 74.4. The molecular weight excluding hydrogens is 2150 g/mol. The highest BCUT2D eigenvalue weighted by molar-refractivity contribution is 9.11. The molecule has 22 N–H and O–H groups in total. The minimum Gasteiger partial charge on any atom is -0.508 e. The lowest BCUT2D eigenvalue weighted by atomic mass is 9.85. The van der Waals surface area contributed by atoms with Gasteiger partial charge in [-0.1, -0.05) is 137 Å². The van der Waals surface area contributed by atoms with Crippen molar-refractivity contribution in [3.8, 4) is 11.5 Å². The molecule has 0 aromatic heterocycles. The lowest BCUT2D eigenvalue weighted by Gasteiger charge is -2.20. The van der Waals surface area contributed by atoms with Gasteiger partial charge in [-0.15, -0.1) is 0 Å². The molecule has 0 aliphatic carbocycles. The Morgan fingerprint density at radius 1 is 0.406 bits per heavy atom. The van der Waals surface area contributed by atoms with Crippen LogP contribution in [0.1, 0.15) is 213 Å². The first-order valence-electron chi connectivity index (χ1n) is 39.9. The topological polar surface area (TPSA) is 597 Å². The first kappa shape index (κ1) is 155. The van der Waals surface area contributed by atoms with Crippen LogP contribution in [0, 0.1) is 96.9 Å². The number of phenolic OH excluding ortho intramolecular Hbond substituents is 1. The number of primary amides is 4. The van der Waals surface area contributed by atoms with Gasteiger partial charge in [0.05, 0.1) is 40.6 Å². The van der Waals surface area contributed by atoms with Crippen LogP contribution in [-0.4, -0.2) is 207 Å². The fraction of sp³-hybridized carbons (Fsp3) is 0.411. The molecule has 7 aromatic rings. The van der Waals surface area contributed by atoms with E-state index in [-0.39, 0.29) is 96.3 Å². The Morgan fingerprint density at radius 2 is 0.664 bits per heavy atom. The van der Waals surface area contributed by atoms with E-state index in [4.69, 9.17) is 58.1 Å². The second-order valence-electron chi connectivity index (χ2n) is 29.9. The monoisotopic (exact) mass is 2300 g/mol. The molecule has 7 aromatic carbocycles. The van der Waals surface area contributed by atoms with E-state index in [0.717, 1.165) is 96.9 Å². The molecule has 3 atom stereocenters. The van der Waals surface area contributed by atoms with Gasteiger partial charge in [-0.05, 0) is 329 Å². The van der Waals surface area contributed by atoms with Gasteiger partial charge < -0.3 is 118 Å². The summed E-state index contributed by atoms with van der Waals surface area (Å²) in [6, 6.07) is 20.3. The molecule has 0 radical (unpaired) electrons. The van der Waals surface area contributed by atoms with Gasteiger partial charge in [-0.2, -0.15) is 21.6 Å². The number of esters is 4. The number of hydrogen-bond donors (Lipinski definition) is 18. The third kappa shape index (κ3) is 56.6. The number of halogens is 7. The lowest BCUT2D eigenvalue weighted by molar-refractivity contribution is -0.144. The standard InChI is InChI=1S/C14H21BN2O4.C14H19BN2O4.C13H19BN2O4.C9H8BrF3O3S.C9H10BrNO.C9H9BrO2.C8H9BrO.C5H12BNO4.C5H10BNO3.9CH4/c2*1-8-5-10(13(16)18)6-9(2)11(8)7-12(14(19)21-4)17-15(3)20;1-7-4-9(12(15)17)5-8(2)10(7)6-11(13(18)19)16-14(3)20;1-5-3-7(4-6(2)8(5)10)16-17(14,15)9(11,12)13;2*1-5-3-7(9(11)12)4-6(2)8(5)10;1-5-3-7(10)4-6(2)8(5)9;1-6(10)7-4(3-8)5(9)11-2;1-4(5(8)10-3)7-6(2)9;;;;;;;;;/h5-6,12,17,20H,7H2,1-4H3,(H2,16,18);5-7,17,20H,1-4H3,(H2,16,18);4-5,11,16,20H,6H2,1-3H3,(H2,15,17)(H,18,19);3-4H,1-2H3;3-4H,1-2H3,(H2,11,12);3-4H,1-2H3,(H,11,12);3-4,10H,1-2H3;4,7-8,10H,3H2,1-2H3;7,9H,1H2,2-3H3;9*1H4/b;12-7-;;;;;;;;;;;;;;;;/t12-;;11-;;;;;;;;;;;;;;;/m0.0.............../s1. The first-order valence-corrected chi connectivity index (χ1v) is 44.5. The molecule has 0 spiro atoms. The van der Waals surface area contributed by atoms with Crippen LogP contribution in [0.4, 0.5) is 13.2 Å². The van der Waals surface area contributed by atoms with Crippen molar-refractivity contribution in [2.24, 2.45) is 22.9 Å². The number of ether oxygens (including phenoxy) is 4. The second-order valence-corrected chi connectivity index (χ2v) is 34.6. The summed E-state index contributed by atoms with van der Waals surface area (Å²) in [6.07, 6.45) is 2.15. The van der Waals surface area contributed by atoms with Crippen LogP contribution >= 0.6 is 63.7 Å². The quantitative estimate of drug-likeness (QED) is 0.00541. The van der Waals surface area contributed by atoms with Gasteiger partial charge in [0.1, 0.15) is 41.0 Å². The Morgan fingerprint density at radius 3 is 0.923 bits per heavy atom. The summed E-state index contributed by atoms with van der Waals surface area (Å²) in [6.45, 7) is 36.0. The number of hydrogen-bond acceptors (Lipinski definition) is 29. The number of aryl methyl sites for hydroxylation is 14. The predicted molar refractivity (Wildman–Crippen MR) is 585 cm³/mol. The molecule has 0 heterocycles. The molecule has 143 heavy (non-hydrogen) atoms. The van der Waals surface area contributed by atoms with Crippen LogP contribution in [0.3, 0.4) is 0 Å². The number of carboxylic acid groups (broad SMARTS) is 2. The van der Waals surface area contributed by atoms with Crippen LogP contribution in [-0.2, 0) is 65.9 Å². The summed E-state index contributed by atoms with van der Waals surface area (Å²) in [5.74, 6) is -6.03. The van der Waals surface area contributed by atoms with E-state index in [1.165, 1.54) is 74.7 Å². The van der Waals surface area contributed by atoms with Crippen molar-refractivity contribution in [3.63, 3.8) is 0 Å². The van der Waals surface area contributed by atoms with Gasteiger partial charge in [0.15, 0.2) is 0 Å². The molecule has 0 fully saturated rings. The number of carbonyl (C=O) groups is 10. The highest BCUT2D eigenvalue weighted by Gasteiger charge is 2.48. The molecule has 48 heteroatoms. The normalized spacial score (nSPS) is 10.4. The summed E-state index contributed by atoms with van der Waals surface area (Å²) >= 11 is 13.4. The lowest BCUT2D eigenvalue weighted by Crippen LogP contribution is -2.47. The van der Waals surface area contributed by atoms with E-state index in [1.807, 2.05) is 69.2 Å².